The van der Waals surface area contributed by atoms with Crippen LogP contribution in [0, 0.1) is 18.6 Å². The van der Waals surface area contributed by atoms with Gasteiger partial charge < -0.3 is 10.1 Å². The lowest BCUT2D eigenvalue weighted by molar-refractivity contribution is -0.144. The van der Waals surface area contributed by atoms with Gasteiger partial charge in [-0.05, 0) is 43.8 Å². The van der Waals surface area contributed by atoms with Crippen LogP contribution in [0.15, 0.2) is 48.5 Å². The van der Waals surface area contributed by atoms with Crippen molar-refractivity contribution in [2.24, 2.45) is 0 Å². The number of benzene rings is 2. The Balaban J connectivity index is 1.37. The Morgan fingerprint density at radius 1 is 1.14 bits per heavy atom. The molecule has 0 saturated carbocycles. The highest BCUT2D eigenvalue weighted by molar-refractivity contribution is 5.90. The fourth-order valence-electron chi connectivity index (χ4n) is 4.58. The number of hydrogen-bond donors (Lipinski definition) is 2. The van der Waals surface area contributed by atoms with Gasteiger partial charge in [-0.3, -0.25) is 15.1 Å². The molecular formula is C26H30F2N6O3. The van der Waals surface area contributed by atoms with Crippen molar-refractivity contribution in [2.75, 3.05) is 38.5 Å². The van der Waals surface area contributed by atoms with Gasteiger partial charge in [-0.2, -0.15) is 5.06 Å². The van der Waals surface area contributed by atoms with E-state index in [9.17, 15) is 13.6 Å². The molecule has 3 heterocycles. The SMILES string of the molecule is CCN1CC(NC(=O)Nc2c(C)c(OC3CN(C)C3)nn2-c2ccccc2)[C@H](c2ccc(F)c(F)c2)O1. The lowest BCUT2D eigenvalue weighted by atomic mass is 10.0. The van der Waals surface area contributed by atoms with E-state index >= 15 is 0 Å². The number of hydroxylamine groups is 2. The van der Waals surface area contributed by atoms with Crippen LogP contribution in [-0.4, -0.2) is 71.1 Å². The summed E-state index contributed by atoms with van der Waals surface area (Å²) in [6.45, 7) is 6.32. The van der Waals surface area contributed by atoms with E-state index in [1.165, 1.54) is 6.07 Å². The Morgan fingerprint density at radius 3 is 2.57 bits per heavy atom. The van der Waals surface area contributed by atoms with E-state index in [0.29, 0.717) is 35.9 Å². The molecule has 37 heavy (non-hydrogen) atoms. The minimum absolute atomic E-state index is 0.0389. The summed E-state index contributed by atoms with van der Waals surface area (Å²) in [5.74, 6) is -0.973. The molecule has 1 unspecified atom stereocenters. The summed E-state index contributed by atoms with van der Waals surface area (Å²) < 4.78 is 35.1. The van der Waals surface area contributed by atoms with Crippen LogP contribution >= 0.6 is 0 Å². The number of aromatic nitrogens is 2. The van der Waals surface area contributed by atoms with Gasteiger partial charge in [0.1, 0.15) is 18.0 Å². The average molecular weight is 513 g/mol. The number of urea groups is 1. The average Bonchev–Trinajstić information content (AvgIpc) is 3.41. The second-order valence-electron chi connectivity index (χ2n) is 9.37. The highest BCUT2D eigenvalue weighted by Crippen LogP contribution is 2.32. The minimum atomic E-state index is -0.966. The zero-order chi connectivity index (χ0) is 26.1. The van der Waals surface area contributed by atoms with Crippen LogP contribution in [0.5, 0.6) is 5.88 Å². The summed E-state index contributed by atoms with van der Waals surface area (Å²) in [4.78, 5) is 21.3. The molecule has 2 amide bonds. The number of ether oxygens (including phenoxy) is 1. The third-order valence-corrected chi connectivity index (χ3v) is 6.59. The molecule has 0 spiro atoms. The number of likely N-dealkylation sites (tertiary alicyclic amines) is 1. The van der Waals surface area contributed by atoms with Crippen molar-refractivity contribution in [3.8, 4) is 11.6 Å². The third kappa shape index (κ3) is 5.29. The Kier molecular flexibility index (Phi) is 7.09. The van der Waals surface area contributed by atoms with Crippen molar-refractivity contribution < 1.29 is 23.1 Å². The molecular weight excluding hydrogens is 482 g/mol. The van der Waals surface area contributed by atoms with Gasteiger partial charge in [-0.1, -0.05) is 31.2 Å². The van der Waals surface area contributed by atoms with Crippen molar-refractivity contribution in [3.63, 3.8) is 0 Å². The first-order valence-electron chi connectivity index (χ1n) is 12.3. The molecule has 5 rings (SSSR count). The van der Waals surface area contributed by atoms with E-state index in [1.54, 1.807) is 9.75 Å². The number of para-hydroxylation sites is 1. The summed E-state index contributed by atoms with van der Waals surface area (Å²) in [5.41, 5.74) is 1.90. The van der Waals surface area contributed by atoms with Crippen LogP contribution in [0.2, 0.25) is 0 Å². The second kappa shape index (κ2) is 10.4. The van der Waals surface area contributed by atoms with Crippen molar-refractivity contribution in [1.82, 2.24) is 25.1 Å². The molecule has 2 aliphatic rings. The highest BCUT2D eigenvalue weighted by Gasteiger charge is 2.37. The summed E-state index contributed by atoms with van der Waals surface area (Å²) >= 11 is 0. The summed E-state index contributed by atoms with van der Waals surface area (Å²) in [6, 6.07) is 12.1. The van der Waals surface area contributed by atoms with Gasteiger partial charge in [0.05, 0.1) is 17.3 Å². The largest absolute Gasteiger partial charge is 0.470 e. The Labute approximate surface area is 213 Å². The number of carbonyl (C=O) groups is 1. The fourth-order valence-corrected chi connectivity index (χ4v) is 4.58. The lowest BCUT2D eigenvalue weighted by Gasteiger charge is -2.35. The predicted molar refractivity (Wildman–Crippen MR) is 134 cm³/mol. The van der Waals surface area contributed by atoms with E-state index in [-0.39, 0.29) is 6.10 Å². The first-order valence-corrected chi connectivity index (χ1v) is 12.3. The number of nitrogens with zero attached hydrogens (tertiary/aromatic N) is 4. The van der Waals surface area contributed by atoms with Crippen LogP contribution in [0.25, 0.3) is 5.69 Å². The van der Waals surface area contributed by atoms with Crippen molar-refractivity contribution >= 4 is 11.8 Å². The molecule has 2 aromatic carbocycles. The number of amides is 2. The zero-order valence-corrected chi connectivity index (χ0v) is 20.9. The number of halogens is 2. The Morgan fingerprint density at radius 2 is 1.89 bits per heavy atom. The molecule has 2 fully saturated rings. The first-order chi connectivity index (χ1) is 17.8. The molecule has 9 nitrogen and oxygen atoms in total. The Bertz CT molecular complexity index is 1260. The Hall–Kier alpha value is -3.54. The van der Waals surface area contributed by atoms with Crippen LogP contribution in [0.3, 0.4) is 0 Å². The van der Waals surface area contributed by atoms with Crippen LogP contribution in [-0.2, 0) is 4.84 Å². The van der Waals surface area contributed by atoms with E-state index in [4.69, 9.17) is 9.57 Å². The van der Waals surface area contributed by atoms with Gasteiger partial charge >= 0.3 is 6.03 Å². The maximum Gasteiger partial charge on any atom is 0.320 e. The summed E-state index contributed by atoms with van der Waals surface area (Å²) in [7, 11) is 2.02. The van der Waals surface area contributed by atoms with Crippen LogP contribution in [0.1, 0.15) is 24.2 Å². The monoisotopic (exact) mass is 512 g/mol. The molecule has 0 bridgehead atoms. The van der Waals surface area contributed by atoms with Gasteiger partial charge in [0.25, 0.3) is 0 Å². The quantitative estimate of drug-likeness (QED) is 0.503. The number of carbonyl (C=O) groups excluding carboxylic acids is 1. The molecule has 2 aliphatic heterocycles. The standard InChI is InChI=1S/C26H30F2N6O3/c1-4-33-15-22(23(37-33)17-10-11-20(27)21(28)12-17)29-26(35)30-24-16(2)25(36-19-13-32(3)14-19)31-34(24)18-8-6-5-7-9-18/h5-12,19,22-23H,4,13-15H2,1-3H3,(H2,29,30,35)/t22?,23-/m0/s1. The van der Waals surface area contributed by atoms with E-state index in [2.05, 4.69) is 20.6 Å². The van der Waals surface area contributed by atoms with Crippen molar-refractivity contribution in [2.45, 2.75) is 32.1 Å². The van der Waals surface area contributed by atoms with Crippen LogP contribution in [0.4, 0.5) is 19.4 Å². The van der Waals surface area contributed by atoms with Gasteiger partial charge in [0, 0.05) is 26.2 Å². The first kappa shape index (κ1) is 25.1. The molecule has 11 heteroatoms. The molecule has 2 saturated heterocycles. The molecule has 196 valence electrons. The molecule has 0 radical (unpaired) electrons. The number of anilines is 1. The van der Waals surface area contributed by atoms with Gasteiger partial charge in [-0.15, -0.1) is 5.10 Å². The smallest absolute Gasteiger partial charge is 0.320 e. The lowest BCUT2D eigenvalue weighted by Crippen LogP contribution is -2.51. The van der Waals surface area contributed by atoms with Crippen molar-refractivity contribution in [3.05, 3.63) is 71.3 Å². The molecule has 3 aromatic rings. The molecule has 1 aromatic heterocycles. The maximum atomic E-state index is 13.9. The van der Waals surface area contributed by atoms with Crippen LogP contribution < -0.4 is 15.4 Å². The van der Waals surface area contributed by atoms with E-state index < -0.39 is 29.8 Å². The fraction of sp³-hybridized carbons (Fsp3) is 0.385. The highest BCUT2D eigenvalue weighted by atomic mass is 19.2. The van der Waals surface area contributed by atoms with Gasteiger partial charge in [0.15, 0.2) is 11.6 Å². The normalized spacial score (nSPS) is 20.6. The number of hydrogen-bond acceptors (Lipinski definition) is 6. The summed E-state index contributed by atoms with van der Waals surface area (Å²) in [5, 5.41) is 12.2. The van der Waals surface area contributed by atoms with E-state index in [0.717, 1.165) is 30.9 Å². The molecule has 2 atom stereocenters. The molecule has 2 N–H and O–H groups in total. The van der Waals surface area contributed by atoms with E-state index in [1.807, 2.05) is 51.2 Å². The predicted octanol–water partition coefficient (Wildman–Crippen LogP) is 3.65. The van der Waals surface area contributed by atoms with Gasteiger partial charge in [-0.25, -0.2) is 18.3 Å². The number of likely N-dealkylation sites (N-methyl/N-ethyl adjacent to an activating group) is 2. The topological polar surface area (TPSA) is 83.9 Å². The van der Waals surface area contributed by atoms with Gasteiger partial charge in [0.2, 0.25) is 5.88 Å². The third-order valence-electron chi connectivity index (χ3n) is 6.59. The summed E-state index contributed by atoms with van der Waals surface area (Å²) in [6.07, 6.45) is -0.632. The zero-order valence-electron chi connectivity index (χ0n) is 20.9. The number of rotatable bonds is 7. The van der Waals surface area contributed by atoms with Crippen molar-refractivity contribution in [1.29, 1.82) is 0 Å². The maximum absolute atomic E-state index is 13.9. The second-order valence-corrected chi connectivity index (χ2v) is 9.37. The minimum Gasteiger partial charge on any atom is -0.470 e. The number of nitrogens with one attached hydrogen (secondary N) is 2. The molecule has 0 aliphatic carbocycles.